The predicted octanol–water partition coefficient (Wildman–Crippen LogP) is 2.36. The molecule has 84 valence electrons. The summed E-state index contributed by atoms with van der Waals surface area (Å²) in [6.45, 7) is 5.04. The Kier molecular flexibility index (Phi) is 10.3. The van der Waals surface area contributed by atoms with Crippen LogP contribution in [0.25, 0.3) is 0 Å². The molecular weight excluding hydrogens is 200 g/mol. The molecule has 0 heterocycles. The van der Waals surface area contributed by atoms with Gasteiger partial charge in [0.2, 0.25) is 0 Å². The Morgan fingerprint density at radius 3 is 2.43 bits per heavy atom. The van der Waals surface area contributed by atoms with Crippen LogP contribution in [-0.4, -0.2) is 22.4 Å². The highest BCUT2D eigenvalue weighted by atomic mass is 28.3. The number of hydrogen-bond donors (Lipinski definition) is 0. The molecule has 0 aliphatic heterocycles. The monoisotopic (exact) mass is 220 g/mol. The molecule has 0 amide bonds. The van der Waals surface area contributed by atoms with Crippen LogP contribution in [0.3, 0.4) is 0 Å². The van der Waals surface area contributed by atoms with Gasteiger partial charge < -0.3 is 9.00 Å². The molecule has 0 bridgehead atoms. The van der Waals surface area contributed by atoms with Crippen LogP contribution in [0.15, 0.2) is 0 Å². The first-order valence-corrected chi connectivity index (χ1v) is 6.50. The van der Waals surface area contributed by atoms with E-state index in [9.17, 15) is 4.46 Å². The Balaban J connectivity index is 3.10. The van der Waals surface area contributed by atoms with Gasteiger partial charge in [-0.3, -0.25) is 4.46 Å². The molecule has 0 radical (unpaired) electrons. The third-order valence-electron chi connectivity index (χ3n) is 1.63. The standard InChI is InChI=1S/C9H20O4Si/c1-3-5-6-7-9-12-14(10)13-11-8-4-2/h3-9H2,1-2H3. The van der Waals surface area contributed by atoms with Crippen molar-refractivity contribution in [3.63, 3.8) is 0 Å². The van der Waals surface area contributed by atoms with Crippen molar-refractivity contribution in [2.75, 3.05) is 13.2 Å². The van der Waals surface area contributed by atoms with Crippen LogP contribution in [0.4, 0.5) is 0 Å². The molecule has 0 rings (SSSR count). The average molecular weight is 220 g/mol. The van der Waals surface area contributed by atoms with Crippen molar-refractivity contribution in [3.05, 3.63) is 0 Å². The highest BCUT2D eigenvalue weighted by molar-refractivity contribution is 6.25. The molecular formula is C9H20O4Si. The Morgan fingerprint density at radius 2 is 1.79 bits per heavy atom. The zero-order valence-corrected chi connectivity index (χ0v) is 10.1. The first-order valence-electron chi connectivity index (χ1n) is 5.27. The summed E-state index contributed by atoms with van der Waals surface area (Å²) in [5.74, 6) is 0. The van der Waals surface area contributed by atoms with Crippen molar-refractivity contribution < 1.29 is 18.4 Å². The zero-order valence-electron chi connectivity index (χ0n) is 9.08. The second kappa shape index (κ2) is 10.7. The zero-order chi connectivity index (χ0) is 10.6. The average Bonchev–Trinajstić information content (AvgIpc) is 2.18. The van der Waals surface area contributed by atoms with E-state index in [1.807, 2.05) is 6.92 Å². The van der Waals surface area contributed by atoms with E-state index >= 15 is 0 Å². The van der Waals surface area contributed by atoms with Crippen LogP contribution in [0.2, 0.25) is 0 Å². The summed E-state index contributed by atoms with van der Waals surface area (Å²) in [4.78, 5) is 4.63. The minimum atomic E-state index is -2.42. The molecule has 0 aromatic carbocycles. The number of rotatable bonds is 10. The maximum atomic E-state index is 11.0. The molecule has 0 unspecified atom stereocenters. The lowest BCUT2D eigenvalue weighted by atomic mass is 10.2. The van der Waals surface area contributed by atoms with Gasteiger partial charge in [-0.1, -0.05) is 33.1 Å². The quantitative estimate of drug-likeness (QED) is 0.245. The molecule has 0 atom stereocenters. The normalized spacial score (nSPS) is 9.86. The SMILES string of the molecule is CCCCCCO[Si](=O)OOCCC. The lowest BCUT2D eigenvalue weighted by molar-refractivity contribution is -0.228. The first-order chi connectivity index (χ1) is 6.81. The molecule has 0 spiro atoms. The molecule has 0 aliphatic rings. The van der Waals surface area contributed by atoms with Gasteiger partial charge in [-0.2, -0.15) is 4.89 Å². The molecule has 0 aliphatic carbocycles. The van der Waals surface area contributed by atoms with E-state index in [0.717, 1.165) is 19.3 Å². The Morgan fingerprint density at radius 1 is 1.00 bits per heavy atom. The number of unbranched alkanes of at least 4 members (excludes halogenated alkanes) is 3. The minimum Gasteiger partial charge on any atom is -0.495 e. The summed E-state index contributed by atoms with van der Waals surface area (Å²) in [7, 11) is -2.42. The van der Waals surface area contributed by atoms with E-state index in [2.05, 4.69) is 16.4 Å². The van der Waals surface area contributed by atoms with Crippen molar-refractivity contribution in [3.8, 4) is 0 Å². The molecule has 0 aromatic heterocycles. The van der Waals surface area contributed by atoms with Gasteiger partial charge >= 0.3 is 9.17 Å². The molecule has 14 heavy (non-hydrogen) atoms. The van der Waals surface area contributed by atoms with Crippen LogP contribution in [0.1, 0.15) is 46.0 Å². The van der Waals surface area contributed by atoms with Gasteiger partial charge in [-0.05, 0) is 12.8 Å². The second-order valence-electron chi connectivity index (χ2n) is 3.06. The van der Waals surface area contributed by atoms with Gasteiger partial charge in [0.1, 0.15) is 0 Å². The van der Waals surface area contributed by atoms with Crippen molar-refractivity contribution in [1.82, 2.24) is 0 Å². The van der Waals surface area contributed by atoms with Crippen LogP contribution < -0.4 is 0 Å². The van der Waals surface area contributed by atoms with Crippen LogP contribution in [-0.2, 0) is 18.4 Å². The maximum absolute atomic E-state index is 11.0. The van der Waals surface area contributed by atoms with Crippen LogP contribution >= 0.6 is 0 Å². The van der Waals surface area contributed by atoms with E-state index in [-0.39, 0.29) is 0 Å². The van der Waals surface area contributed by atoms with E-state index in [1.165, 1.54) is 12.8 Å². The van der Waals surface area contributed by atoms with Gasteiger partial charge in [0.05, 0.1) is 13.2 Å². The van der Waals surface area contributed by atoms with E-state index in [4.69, 9.17) is 4.43 Å². The van der Waals surface area contributed by atoms with Gasteiger partial charge in [0, 0.05) is 0 Å². The molecule has 5 heteroatoms. The Hall–Kier alpha value is -0.423. The Bertz CT molecular complexity index is 141. The first kappa shape index (κ1) is 13.6. The predicted molar refractivity (Wildman–Crippen MR) is 53.9 cm³/mol. The minimum absolute atomic E-state index is 0.454. The van der Waals surface area contributed by atoms with Gasteiger partial charge in [0.15, 0.2) is 0 Å². The van der Waals surface area contributed by atoms with E-state index < -0.39 is 9.17 Å². The van der Waals surface area contributed by atoms with Crippen LogP contribution in [0.5, 0.6) is 0 Å². The molecule has 0 saturated heterocycles. The fraction of sp³-hybridized carbons (Fsp3) is 1.00. The summed E-state index contributed by atoms with van der Waals surface area (Å²) >= 11 is 0. The lowest BCUT2D eigenvalue weighted by Gasteiger charge is -2.03. The maximum Gasteiger partial charge on any atom is 0.801 e. The third-order valence-corrected chi connectivity index (χ3v) is 2.33. The van der Waals surface area contributed by atoms with Crippen molar-refractivity contribution in [2.45, 2.75) is 46.0 Å². The molecule has 0 saturated carbocycles. The van der Waals surface area contributed by atoms with Gasteiger partial charge in [0.25, 0.3) is 0 Å². The van der Waals surface area contributed by atoms with Crippen molar-refractivity contribution in [2.24, 2.45) is 0 Å². The highest BCUT2D eigenvalue weighted by Gasteiger charge is 2.11. The molecule has 4 nitrogen and oxygen atoms in total. The summed E-state index contributed by atoms with van der Waals surface area (Å²) in [5, 5.41) is 0. The lowest BCUT2D eigenvalue weighted by Crippen LogP contribution is -2.14. The summed E-state index contributed by atoms with van der Waals surface area (Å²) < 4.78 is 20.4. The summed E-state index contributed by atoms with van der Waals surface area (Å²) in [6, 6.07) is 0. The van der Waals surface area contributed by atoms with E-state index in [0.29, 0.717) is 13.2 Å². The molecule has 0 aromatic rings. The summed E-state index contributed by atoms with van der Waals surface area (Å²) in [5.41, 5.74) is 0. The topological polar surface area (TPSA) is 44.8 Å². The van der Waals surface area contributed by atoms with Crippen molar-refractivity contribution >= 4 is 9.17 Å². The van der Waals surface area contributed by atoms with Gasteiger partial charge in [-0.25, -0.2) is 0 Å². The van der Waals surface area contributed by atoms with E-state index in [1.54, 1.807) is 0 Å². The number of hydrogen-bond acceptors (Lipinski definition) is 4. The largest absolute Gasteiger partial charge is 0.801 e. The fourth-order valence-corrected chi connectivity index (χ4v) is 1.42. The van der Waals surface area contributed by atoms with Crippen LogP contribution in [0, 0.1) is 0 Å². The second-order valence-corrected chi connectivity index (χ2v) is 4.02. The third kappa shape index (κ3) is 9.66. The smallest absolute Gasteiger partial charge is 0.495 e. The van der Waals surface area contributed by atoms with Gasteiger partial charge in [-0.15, -0.1) is 0 Å². The highest BCUT2D eigenvalue weighted by Crippen LogP contribution is 1.98. The fourth-order valence-electron chi connectivity index (χ4n) is 0.882. The Labute approximate surface area is 87.4 Å². The summed E-state index contributed by atoms with van der Waals surface area (Å²) in [6.07, 6.45) is 5.26. The molecule has 0 N–H and O–H groups in total. The molecule has 0 fully saturated rings. The van der Waals surface area contributed by atoms with Crippen molar-refractivity contribution in [1.29, 1.82) is 0 Å².